The molecule has 3 aromatic rings. The van der Waals surface area contributed by atoms with Gasteiger partial charge in [0.2, 0.25) is 35.5 Å². The first-order chi connectivity index (χ1) is 39.8. The van der Waals surface area contributed by atoms with Gasteiger partial charge in [0.25, 0.3) is 5.91 Å². The molecular weight excluding hydrogens is 1100 g/mol. The van der Waals surface area contributed by atoms with E-state index >= 15 is 0 Å². The number of aliphatic hydroxyl groups excluding tert-OH is 1. The SMILES string of the molecule is CC(=O)N(O)CCC[C@H](CC(=O)[C@H](CCCN(O)C(C)=O)NC(=O)[C@@H](N)CCCN(O)C(C)=O)C(=O)C[C@@H](CO)C(=O)NCCOCCOCCCC(=O)CC[C@@H](NC(=O)c1ccc(N(C)Cc2cnc3nc(N)nc(N)c3n2)cc1)C(=O)O. The number of carbonyl (C=O) groups is 10. The summed E-state index contributed by atoms with van der Waals surface area (Å²) < 4.78 is 11.0. The van der Waals surface area contributed by atoms with E-state index in [0.717, 1.165) is 26.5 Å². The molecule has 6 amide bonds. The first kappa shape index (κ1) is 70.3. The number of anilines is 3. The van der Waals surface area contributed by atoms with Crippen molar-refractivity contribution in [3.63, 3.8) is 0 Å². The molecule has 2 aromatic heterocycles. The lowest BCUT2D eigenvalue weighted by Crippen LogP contribution is -2.49. The third kappa shape index (κ3) is 25.3. The number of carboxylic acid groups (broad SMARTS) is 1. The molecule has 1 aromatic carbocycles. The molecule has 31 heteroatoms. The minimum atomic E-state index is -1.32. The summed E-state index contributed by atoms with van der Waals surface area (Å²) in [5.41, 5.74) is 19.7. The van der Waals surface area contributed by atoms with Crippen LogP contribution in [0.4, 0.5) is 17.5 Å². The summed E-state index contributed by atoms with van der Waals surface area (Å²) in [5, 5.41) is 58.3. The number of ketones is 3. The average molecular weight is 1190 g/mol. The van der Waals surface area contributed by atoms with Crippen molar-refractivity contribution in [3.05, 3.63) is 41.7 Å². The van der Waals surface area contributed by atoms with Gasteiger partial charge in [-0.05, 0) is 75.6 Å². The lowest BCUT2D eigenvalue weighted by Gasteiger charge is -2.24. The van der Waals surface area contributed by atoms with Crippen LogP contribution in [0.25, 0.3) is 11.2 Å². The zero-order chi connectivity index (χ0) is 62.5. The largest absolute Gasteiger partial charge is 0.480 e. The number of aliphatic hydroxyl groups is 1. The Morgan fingerprint density at radius 3 is 1.83 bits per heavy atom. The van der Waals surface area contributed by atoms with Gasteiger partial charge in [-0.25, -0.2) is 30.0 Å². The monoisotopic (exact) mass is 1180 g/mol. The number of ether oxygens (including phenoxy) is 2. The highest BCUT2D eigenvalue weighted by molar-refractivity contribution is 5.97. The van der Waals surface area contributed by atoms with Gasteiger partial charge in [0.1, 0.15) is 17.6 Å². The summed E-state index contributed by atoms with van der Waals surface area (Å²) in [6, 6.07) is 2.65. The Labute approximate surface area is 484 Å². The predicted octanol–water partition coefficient (Wildman–Crippen LogP) is -0.309. The van der Waals surface area contributed by atoms with Crippen LogP contribution in [0, 0.1) is 11.8 Å². The fraction of sp³-hybridized carbons (Fsp3) is 0.585. The van der Waals surface area contributed by atoms with E-state index in [-0.39, 0.29) is 139 Å². The number of fused-ring (bicyclic) bond motifs is 1. The Bertz CT molecular complexity index is 2700. The number of aromatic nitrogens is 4. The van der Waals surface area contributed by atoms with Crippen molar-refractivity contribution in [1.82, 2.24) is 51.1 Å². The Morgan fingerprint density at radius 1 is 0.655 bits per heavy atom. The second-order valence-electron chi connectivity index (χ2n) is 19.9. The summed E-state index contributed by atoms with van der Waals surface area (Å²) in [5.74, 6) is -9.16. The van der Waals surface area contributed by atoms with E-state index in [9.17, 15) is 73.8 Å². The van der Waals surface area contributed by atoms with Crippen LogP contribution in [0.5, 0.6) is 0 Å². The highest BCUT2D eigenvalue weighted by Crippen LogP contribution is 2.22. The van der Waals surface area contributed by atoms with Crippen LogP contribution < -0.4 is 38.1 Å². The minimum absolute atomic E-state index is 0.00507. The number of rotatable bonds is 41. The van der Waals surface area contributed by atoms with Crippen molar-refractivity contribution >= 4 is 87.4 Å². The van der Waals surface area contributed by atoms with Crippen LogP contribution in [-0.2, 0) is 59.2 Å². The molecule has 0 bridgehead atoms. The van der Waals surface area contributed by atoms with Gasteiger partial charge in [0.05, 0.1) is 62.9 Å². The van der Waals surface area contributed by atoms with Gasteiger partial charge in [0, 0.05) is 103 Å². The second kappa shape index (κ2) is 36.6. The Kier molecular flexibility index (Phi) is 30.6. The Morgan fingerprint density at radius 2 is 1.24 bits per heavy atom. The van der Waals surface area contributed by atoms with E-state index in [1.54, 1.807) is 19.2 Å². The fourth-order valence-electron chi connectivity index (χ4n) is 8.28. The first-order valence-corrected chi connectivity index (χ1v) is 27.3. The van der Waals surface area contributed by atoms with E-state index in [1.807, 2.05) is 4.90 Å². The summed E-state index contributed by atoms with van der Waals surface area (Å²) in [6.07, 6.45) is 0.724. The van der Waals surface area contributed by atoms with E-state index in [0.29, 0.717) is 39.4 Å². The van der Waals surface area contributed by atoms with Crippen LogP contribution >= 0.6 is 0 Å². The maximum Gasteiger partial charge on any atom is 0.326 e. The predicted molar refractivity (Wildman–Crippen MR) is 298 cm³/mol. The highest BCUT2D eigenvalue weighted by Gasteiger charge is 2.32. The molecular formula is C53H80N14O17. The minimum Gasteiger partial charge on any atom is -0.480 e. The number of hydrogen-bond donors (Lipinski definition) is 11. The molecule has 0 spiro atoms. The zero-order valence-corrected chi connectivity index (χ0v) is 47.8. The number of Topliss-reactive ketones (excluding diaryl/α,β-unsaturated/α-hetero) is 3. The lowest BCUT2D eigenvalue weighted by molar-refractivity contribution is -0.163. The molecule has 0 aliphatic heterocycles. The molecule has 2 heterocycles. The third-order valence-electron chi connectivity index (χ3n) is 13.2. The molecule has 0 radical (unpaired) electrons. The smallest absolute Gasteiger partial charge is 0.326 e. The van der Waals surface area contributed by atoms with Gasteiger partial charge in [-0.15, -0.1) is 0 Å². The third-order valence-corrected chi connectivity index (χ3v) is 13.2. The fourth-order valence-corrected chi connectivity index (χ4v) is 8.28. The molecule has 5 atom stereocenters. The molecule has 84 heavy (non-hydrogen) atoms. The Hall–Kier alpha value is -7.94. The van der Waals surface area contributed by atoms with E-state index in [1.165, 1.54) is 18.3 Å². The maximum atomic E-state index is 13.9. The van der Waals surface area contributed by atoms with Crippen molar-refractivity contribution in [2.45, 2.75) is 122 Å². The van der Waals surface area contributed by atoms with Crippen molar-refractivity contribution in [1.29, 1.82) is 0 Å². The van der Waals surface area contributed by atoms with Crippen LogP contribution in [-0.4, -0.2) is 204 Å². The second-order valence-corrected chi connectivity index (χ2v) is 19.9. The van der Waals surface area contributed by atoms with Gasteiger partial charge < -0.3 is 57.7 Å². The first-order valence-electron chi connectivity index (χ1n) is 27.3. The van der Waals surface area contributed by atoms with E-state index < -0.39 is 102 Å². The molecule has 0 unspecified atom stereocenters. The summed E-state index contributed by atoms with van der Waals surface area (Å²) in [4.78, 5) is 145. The average Bonchev–Trinajstić information content (AvgIpc) is 3.65. The maximum absolute atomic E-state index is 13.9. The van der Waals surface area contributed by atoms with Crippen LogP contribution in [0.1, 0.15) is 114 Å². The molecule has 0 fully saturated rings. The van der Waals surface area contributed by atoms with Gasteiger partial charge in [0.15, 0.2) is 22.8 Å². The number of carbonyl (C=O) groups excluding carboxylic acids is 9. The number of hydrogen-bond acceptors (Lipinski definition) is 24. The Balaban J connectivity index is 1.41. The zero-order valence-electron chi connectivity index (χ0n) is 47.8. The number of amides is 6. The number of nitrogens with two attached hydrogens (primary N) is 3. The van der Waals surface area contributed by atoms with Crippen LogP contribution in [0.15, 0.2) is 30.5 Å². The number of benzene rings is 1. The molecule has 14 N–H and O–H groups in total. The van der Waals surface area contributed by atoms with Gasteiger partial charge in [-0.3, -0.25) is 58.8 Å². The molecule has 3 rings (SSSR count). The summed E-state index contributed by atoms with van der Waals surface area (Å²) >= 11 is 0. The molecule has 0 saturated carbocycles. The number of nitrogen functional groups attached to an aromatic ring is 2. The van der Waals surface area contributed by atoms with Gasteiger partial charge >= 0.3 is 5.97 Å². The molecule has 0 aliphatic rings. The highest BCUT2D eigenvalue weighted by atomic mass is 16.5. The number of hydroxylamine groups is 6. The van der Waals surface area contributed by atoms with Gasteiger partial charge in [-0.1, -0.05) is 0 Å². The van der Waals surface area contributed by atoms with Crippen LogP contribution in [0.2, 0.25) is 0 Å². The molecule has 0 saturated heterocycles. The van der Waals surface area contributed by atoms with Crippen molar-refractivity contribution < 1.29 is 83.3 Å². The lowest BCUT2D eigenvalue weighted by atomic mass is 9.85. The van der Waals surface area contributed by atoms with Gasteiger partial charge in [-0.2, -0.15) is 9.97 Å². The summed E-state index contributed by atoms with van der Waals surface area (Å²) in [7, 11) is 1.80. The number of nitrogens with one attached hydrogen (secondary N) is 3. The quantitative estimate of drug-likeness (QED) is 0.0197. The normalized spacial score (nSPS) is 12.9. The molecule has 0 aliphatic carbocycles. The van der Waals surface area contributed by atoms with E-state index in [4.69, 9.17) is 26.7 Å². The van der Waals surface area contributed by atoms with Crippen molar-refractivity contribution in [3.8, 4) is 0 Å². The molecule has 464 valence electrons. The number of aliphatic carboxylic acids is 1. The standard InChI is InChI=1S/C53H80N14O17/c1-32(69)65(80)20-5-9-36(27-45(74)42(12-7-22-67(82)34(3)71)60-51(77)41(54)11-6-21-66(81)33(2)70)44(73)28-37(31-68)49(75)57-19-24-84-26-25-83-23-8-10-40(72)17-18-43(52(78)79)61-50(76)35-13-15-39(16-14-35)64(4)30-38-29-58-48-46(59-38)47(55)62-53(56)63-48/h13-16,29,36-37,41-43,68,80-82H,5-12,17-28,30-31,54H2,1-4H3,(H,57,75)(H,60,77)(H,61,76)(H,78,79)(H4,55,56,58,62,63)/t36-,37+,41+,42+,43-/m1/s1. The van der Waals surface area contributed by atoms with Crippen molar-refractivity contribution in [2.24, 2.45) is 17.6 Å². The molecule has 31 nitrogen and oxygen atoms in total. The number of nitrogens with zero attached hydrogens (tertiary/aromatic N) is 8. The summed E-state index contributed by atoms with van der Waals surface area (Å²) in [6.45, 7) is 2.80. The van der Waals surface area contributed by atoms with Crippen molar-refractivity contribution in [2.75, 3.05) is 82.6 Å². The number of carboxylic acids is 1. The van der Waals surface area contributed by atoms with E-state index in [2.05, 4.69) is 35.9 Å². The topological polar surface area (TPSA) is 469 Å². The van der Waals surface area contributed by atoms with Crippen LogP contribution in [0.3, 0.4) is 0 Å².